The Hall–Kier alpha value is -0.220. The van der Waals surface area contributed by atoms with Crippen molar-refractivity contribution in [3.05, 3.63) is 0 Å². The van der Waals surface area contributed by atoms with Crippen LogP contribution in [0, 0.1) is 0 Å². The molecule has 10 heavy (non-hydrogen) atoms. The molecule has 0 saturated carbocycles. The van der Waals surface area contributed by atoms with Crippen molar-refractivity contribution in [2.45, 2.75) is 18.9 Å². The van der Waals surface area contributed by atoms with E-state index in [-0.39, 0.29) is 6.61 Å². The second-order valence-electron chi connectivity index (χ2n) is 2.40. The first-order valence-corrected chi connectivity index (χ1v) is 3.03. The molecule has 62 valence electrons. The van der Waals surface area contributed by atoms with Crippen molar-refractivity contribution >= 4 is 0 Å². The summed E-state index contributed by atoms with van der Waals surface area (Å²) in [6, 6.07) is 0. The van der Waals surface area contributed by atoms with Crippen LogP contribution in [0.1, 0.15) is 6.92 Å². The molecule has 0 amide bonds. The van der Waals surface area contributed by atoms with Gasteiger partial charge < -0.3 is 10.1 Å². The molecule has 1 unspecified atom stereocenters. The SMILES string of the molecule is CNC(C)(COC)C(F)F. The molecule has 2 nitrogen and oxygen atoms in total. The first-order chi connectivity index (χ1) is 4.56. The van der Waals surface area contributed by atoms with Gasteiger partial charge in [-0.2, -0.15) is 0 Å². The van der Waals surface area contributed by atoms with Crippen molar-refractivity contribution in [2.75, 3.05) is 20.8 Å². The second-order valence-corrected chi connectivity index (χ2v) is 2.40. The third-order valence-corrected chi connectivity index (χ3v) is 1.50. The van der Waals surface area contributed by atoms with Crippen molar-refractivity contribution in [3.8, 4) is 0 Å². The van der Waals surface area contributed by atoms with Gasteiger partial charge in [-0.1, -0.05) is 0 Å². The zero-order valence-corrected chi connectivity index (χ0v) is 6.45. The van der Waals surface area contributed by atoms with E-state index in [9.17, 15) is 8.78 Å². The number of likely N-dealkylation sites (N-methyl/N-ethyl adjacent to an activating group) is 1. The molecule has 0 aliphatic heterocycles. The van der Waals surface area contributed by atoms with E-state index in [2.05, 4.69) is 10.1 Å². The van der Waals surface area contributed by atoms with Crippen molar-refractivity contribution in [1.29, 1.82) is 0 Å². The maximum atomic E-state index is 12.1. The maximum Gasteiger partial charge on any atom is 0.258 e. The van der Waals surface area contributed by atoms with E-state index in [0.717, 1.165) is 0 Å². The third-order valence-electron chi connectivity index (χ3n) is 1.50. The normalized spacial score (nSPS) is 17.4. The highest BCUT2D eigenvalue weighted by Crippen LogP contribution is 2.14. The largest absolute Gasteiger partial charge is 0.383 e. The van der Waals surface area contributed by atoms with Crippen molar-refractivity contribution in [1.82, 2.24) is 5.32 Å². The van der Waals surface area contributed by atoms with Crippen molar-refractivity contribution < 1.29 is 13.5 Å². The minimum absolute atomic E-state index is 0.0150. The molecule has 0 bridgehead atoms. The number of nitrogens with one attached hydrogen (secondary N) is 1. The zero-order valence-electron chi connectivity index (χ0n) is 6.45. The van der Waals surface area contributed by atoms with Gasteiger partial charge in [0.2, 0.25) is 0 Å². The molecule has 0 aliphatic rings. The first-order valence-electron chi connectivity index (χ1n) is 3.03. The van der Waals surface area contributed by atoms with E-state index in [1.807, 2.05) is 0 Å². The lowest BCUT2D eigenvalue weighted by atomic mass is 10.1. The van der Waals surface area contributed by atoms with E-state index >= 15 is 0 Å². The van der Waals surface area contributed by atoms with Crippen LogP contribution in [-0.4, -0.2) is 32.7 Å². The molecule has 0 aromatic heterocycles. The van der Waals surface area contributed by atoms with Gasteiger partial charge in [0.25, 0.3) is 6.43 Å². The molecule has 0 saturated heterocycles. The Labute approximate surface area is 59.6 Å². The molecule has 0 aliphatic carbocycles. The summed E-state index contributed by atoms with van der Waals surface area (Å²) in [7, 11) is 2.89. The number of hydrogen-bond acceptors (Lipinski definition) is 2. The molecule has 0 rings (SSSR count). The minimum atomic E-state index is -2.41. The van der Waals surface area contributed by atoms with Gasteiger partial charge in [-0.15, -0.1) is 0 Å². The Morgan fingerprint density at radius 3 is 2.20 bits per heavy atom. The number of methoxy groups -OCH3 is 1. The van der Waals surface area contributed by atoms with Crippen LogP contribution in [0.4, 0.5) is 8.78 Å². The Morgan fingerprint density at radius 1 is 1.60 bits per heavy atom. The third kappa shape index (κ3) is 2.19. The predicted molar refractivity (Wildman–Crippen MR) is 35.3 cm³/mol. The second kappa shape index (κ2) is 3.83. The van der Waals surface area contributed by atoms with E-state index < -0.39 is 12.0 Å². The maximum absolute atomic E-state index is 12.1. The smallest absolute Gasteiger partial charge is 0.258 e. The van der Waals surface area contributed by atoms with Crippen molar-refractivity contribution in [3.63, 3.8) is 0 Å². The molecule has 0 heterocycles. The van der Waals surface area contributed by atoms with Gasteiger partial charge >= 0.3 is 0 Å². The Balaban J connectivity index is 3.94. The topological polar surface area (TPSA) is 21.3 Å². The van der Waals surface area contributed by atoms with Gasteiger partial charge in [0.1, 0.15) is 5.54 Å². The molecule has 1 N–H and O–H groups in total. The first kappa shape index (κ1) is 9.78. The molecule has 4 heteroatoms. The van der Waals surface area contributed by atoms with Crippen LogP contribution in [0.15, 0.2) is 0 Å². The fourth-order valence-corrected chi connectivity index (χ4v) is 0.544. The van der Waals surface area contributed by atoms with Crippen LogP contribution >= 0.6 is 0 Å². The molecule has 0 radical (unpaired) electrons. The summed E-state index contributed by atoms with van der Waals surface area (Å²) in [5.41, 5.74) is -1.21. The van der Waals surface area contributed by atoms with Gasteiger partial charge in [-0.25, -0.2) is 8.78 Å². The Bertz CT molecular complexity index is 99.7. The number of halogens is 2. The molecule has 1 atom stereocenters. The zero-order chi connectivity index (χ0) is 8.20. The fourth-order valence-electron chi connectivity index (χ4n) is 0.544. The van der Waals surface area contributed by atoms with Crippen molar-refractivity contribution in [2.24, 2.45) is 0 Å². The summed E-state index contributed by atoms with van der Waals surface area (Å²) in [5.74, 6) is 0. The lowest BCUT2D eigenvalue weighted by Crippen LogP contribution is -2.50. The van der Waals surface area contributed by atoms with Crippen LogP contribution in [0.25, 0.3) is 0 Å². The van der Waals surface area contributed by atoms with Gasteiger partial charge in [0, 0.05) is 7.11 Å². The van der Waals surface area contributed by atoms with E-state index in [1.165, 1.54) is 21.1 Å². The van der Waals surface area contributed by atoms with Crippen LogP contribution in [0.2, 0.25) is 0 Å². The Kier molecular flexibility index (Phi) is 3.75. The molecule has 0 spiro atoms. The Morgan fingerprint density at radius 2 is 2.10 bits per heavy atom. The fraction of sp³-hybridized carbons (Fsp3) is 1.00. The monoisotopic (exact) mass is 153 g/mol. The number of rotatable bonds is 4. The standard InChI is InChI=1S/C6H13F2NO/c1-6(9-2,4-10-3)5(7)8/h5,9H,4H2,1-3H3. The lowest BCUT2D eigenvalue weighted by molar-refractivity contribution is -0.00411. The van der Waals surface area contributed by atoms with E-state index in [4.69, 9.17) is 0 Å². The van der Waals surface area contributed by atoms with Crippen LogP contribution < -0.4 is 5.32 Å². The predicted octanol–water partition coefficient (Wildman–Crippen LogP) is 0.876. The average Bonchev–Trinajstić information content (AvgIpc) is 1.88. The molecular formula is C6H13F2NO. The highest BCUT2D eigenvalue weighted by atomic mass is 19.3. The molecule has 0 aromatic carbocycles. The molecule has 0 aromatic rings. The van der Waals surface area contributed by atoms with Gasteiger partial charge in [-0.3, -0.25) is 0 Å². The summed E-state index contributed by atoms with van der Waals surface area (Å²) in [6.45, 7) is 1.43. The molecule has 0 fully saturated rings. The number of alkyl halides is 2. The lowest BCUT2D eigenvalue weighted by Gasteiger charge is -2.26. The quantitative estimate of drug-likeness (QED) is 0.647. The summed E-state index contributed by atoms with van der Waals surface area (Å²) in [4.78, 5) is 0. The summed E-state index contributed by atoms with van der Waals surface area (Å²) in [5, 5.41) is 2.50. The van der Waals surface area contributed by atoms with E-state index in [1.54, 1.807) is 0 Å². The molecular weight excluding hydrogens is 140 g/mol. The van der Waals surface area contributed by atoms with Gasteiger partial charge in [0.15, 0.2) is 0 Å². The van der Waals surface area contributed by atoms with Gasteiger partial charge in [0.05, 0.1) is 6.61 Å². The summed E-state index contributed by atoms with van der Waals surface area (Å²) < 4.78 is 28.9. The minimum Gasteiger partial charge on any atom is -0.383 e. The average molecular weight is 153 g/mol. The summed E-state index contributed by atoms with van der Waals surface area (Å²) >= 11 is 0. The van der Waals surface area contributed by atoms with Crippen LogP contribution in [0.3, 0.4) is 0 Å². The van der Waals surface area contributed by atoms with Crippen LogP contribution in [-0.2, 0) is 4.74 Å². The number of hydrogen-bond donors (Lipinski definition) is 1. The highest BCUT2D eigenvalue weighted by Gasteiger charge is 2.32. The van der Waals surface area contributed by atoms with Crippen LogP contribution in [0.5, 0.6) is 0 Å². The summed E-state index contributed by atoms with van der Waals surface area (Å²) in [6.07, 6.45) is -2.41. The van der Waals surface area contributed by atoms with Gasteiger partial charge in [-0.05, 0) is 14.0 Å². The van der Waals surface area contributed by atoms with E-state index in [0.29, 0.717) is 0 Å². The number of ether oxygens (including phenoxy) is 1. The highest BCUT2D eigenvalue weighted by molar-refractivity contribution is 4.83.